The Morgan fingerprint density at radius 2 is 2.05 bits per heavy atom. The van der Waals surface area contributed by atoms with Crippen LogP contribution < -0.4 is 15.4 Å². The zero-order valence-corrected chi connectivity index (χ0v) is 13.0. The second-order valence-electron chi connectivity index (χ2n) is 5.74. The number of hydrogen-bond donors (Lipinski definition) is 2. The minimum absolute atomic E-state index is 0.00226. The second kappa shape index (κ2) is 7.24. The molecule has 0 aromatic carbocycles. The average molecular weight is 279 g/mol. The van der Waals surface area contributed by atoms with E-state index in [9.17, 15) is 4.79 Å². The van der Waals surface area contributed by atoms with Gasteiger partial charge < -0.3 is 15.4 Å². The van der Waals surface area contributed by atoms with Crippen LogP contribution in [-0.4, -0.2) is 29.6 Å². The Kier molecular flexibility index (Phi) is 5.95. The molecule has 0 aliphatic rings. The van der Waals surface area contributed by atoms with Gasteiger partial charge in [0.1, 0.15) is 5.75 Å². The van der Waals surface area contributed by atoms with Crippen molar-refractivity contribution >= 4 is 5.91 Å². The van der Waals surface area contributed by atoms with Crippen molar-refractivity contribution in [2.45, 2.75) is 46.7 Å². The molecule has 5 heteroatoms. The molecule has 0 aliphatic heterocycles. The summed E-state index contributed by atoms with van der Waals surface area (Å²) in [5, 5.41) is 6.08. The SMILES string of the molecule is CCNC(=O)COc1ccc(C)nc1CNC(C)(C)C. The number of likely N-dealkylation sites (N-methyl/N-ethyl adjacent to an activating group) is 1. The minimum Gasteiger partial charge on any atom is -0.482 e. The van der Waals surface area contributed by atoms with Crippen LogP contribution in [0.3, 0.4) is 0 Å². The fourth-order valence-electron chi connectivity index (χ4n) is 1.60. The first-order chi connectivity index (χ1) is 9.31. The predicted molar refractivity (Wildman–Crippen MR) is 79.7 cm³/mol. The molecular formula is C15H25N3O2. The van der Waals surface area contributed by atoms with E-state index in [4.69, 9.17) is 4.74 Å². The summed E-state index contributed by atoms with van der Waals surface area (Å²) in [5.41, 5.74) is 1.76. The minimum atomic E-state index is -0.122. The van der Waals surface area contributed by atoms with Crippen LogP contribution in [0.1, 0.15) is 39.1 Å². The topological polar surface area (TPSA) is 63.2 Å². The Bertz CT molecular complexity index is 453. The monoisotopic (exact) mass is 279 g/mol. The third kappa shape index (κ3) is 6.02. The second-order valence-corrected chi connectivity index (χ2v) is 5.74. The van der Waals surface area contributed by atoms with E-state index >= 15 is 0 Å². The van der Waals surface area contributed by atoms with Gasteiger partial charge in [0.05, 0.1) is 5.69 Å². The van der Waals surface area contributed by atoms with Gasteiger partial charge in [0.15, 0.2) is 6.61 Å². The fraction of sp³-hybridized carbons (Fsp3) is 0.600. The molecule has 112 valence electrons. The van der Waals surface area contributed by atoms with Crippen LogP contribution >= 0.6 is 0 Å². The maximum Gasteiger partial charge on any atom is 0.257 e. The van der Waals surface area contributed by atoms with Gasteiger partial charge in [-0.1, -0.05) is 0 Å². The largest absolute Gasteiger partial charge is 0.482 e. The number of carbonyl (C=O) groups excluding carboxylic acids is 1. The molecule has 0 spiro atoms. The highest BCUT2D eigenvalue weighted by Crippen LogP contribution is 2.17. The van der Waals surface area contributed by atoms with Crippen LogP contribution in [-0.2, 0) is 11.3 Å². The molecule has 0 saturated heterocycles. The average Bonchev–Trinajstić information content (AvgIpc) is 2.34. The molecule has 1 aromatic heterocycles. The third-order valence-corrected chi connectivity index (χ3v) is 2.59. The molecule has 20 heavy (non-hydrogen) atoms. The van der Waals surface area contributed by atoms with Crippen LogP contribution in [0.25, 0.3) is 0 Å². The van der Waals surface area contributed by atoms with Gasteiger partial charge in [-0.15, -0.1) is 0 Å². The van der Waals surface area contributed by atoms with Gasteiger partial charge in [0, 0.05) is 24.3 Å². The number of ether oxygens (including phenoxy) is 1. The number of aromatic nitrogens is 1. The predicted octanol–water partition coefficient (Wildman–Crippen LogP) is 1.79. The molecule has 0 aliphatic carbocycles. The molecule has 0 saturated carbocycles. The van der Waals surface area contributed by atoms with Gasteiger partial charge in [-0.25, -0.2) is 0 Å². The maximum absolute atomic E-state index is 11.4. The lowest BCUT2D eigenvalue weighted by atomic mass is 10.1. The highest BCUT2D eigenvalue weighted by Gasteiger charge is 2.13. The van der Waals surface area contributed by atoms with E-state index < -0.39 is 0 Å². The summed E-state index contributed by atoms with van der Waals surface area (Å²) in [6.45, 7) is 11.3. The summed E-state index contributed by atoms with van der Waals surface area (Å²) in [4.78, 5) is 15.9. The number of nitrogens with zero attached hydrogens (tertiary/aromatic N) is 1. The third-order valence-electron chi connectivity index (χ3n) is 2.59. The molecule has 5 nitrogen and oxygen atoms in total. The van der Waals surface area contributed by atoms with E-state index in [1.54, 1.807) is 0 Å². The number of nitrogens with one attached hydrogen (secondary N) is 2. The number of hydrogen-bond acceptors (Lipinski definition) is 4. The zero-order chi connectivity index (χ0) is 15.2. The van der Waals surface area contributed by atoms with Gasteiger partial charge >= 0.3 is 0 Å². The lowest BCUT2D eigenvalue weighted by Gasteiger charge is -2.21. The molecule has 0 fully saturated rings. The summed E-state index contributed by atoms with van der Waals surface area (Å²) < 4.78 is 5.56. The Morgan fingerprint density at radius 3 is 2.65 bits per heavy atom. The molecule has 2 N–H and O–H groups in total. The van der Waals surface area contributed by atoms with E-state index in [-0.39, 0.29) is 18.1 Å². The zero-order valence-electron chi connectivity index (χ0n) is 13.0. The van der Waals surface area contributed by atoms with Crippen LogP contribution in [0.4, 0.5) is 0 Å². The molecular weight excluding hydrogens is 254 g/mol. The van der Waals surface area contributed by atoms with Gasteiger partial charge in [0.25, 0.3) is 5.91 Å². The summed E-state index contributed by atoms with van der Waals surface area (Å²) in [6, 6.07) is 3.74. The molecule has 0 atom stereocenters. The smallest absolute Gasteiger partial charge is 0.257 e. The van der Waals surface area contributed by atoms with Crippen LogP contribution in [0.5, 0.6) is 5.75 Å². The van der Waals surface area contributed by atoms with Crippen LogP contribution in [0, 0.1) is 6.92 Å². The fourth-order valence-corrected chi connectivity index (χ4v) is 1.60. The molecule has 1 aromatic rings. The first kappa shape index (κ1) is 16.4. The Hall–Kier alpha value is -1.62. The lowest BCUT2D eigenvalue weighted by Crippen LogP contribution is -2.35. The first-order valence-electron chi connectivity index (χ1n) is 6.93. The number of rotatable bonds is 6. The van der Waals surface area contributed by atoms with Gasteiger partial charge in [-0.2, -0.15) is 0 Å². The normalized spacial score (nSPS) is 11.2. The Balaban J connectivity index is 2.72. The molecule has 1 rings (SSSR count). The van der Waals surface area contributed by atoms with Crippen molar-refractivity contribution in [2.75, 3.05) is 13.2 Å². The number of aryl methyl sites for hydroxylation is 1. The van der Waals surface area contributed by atoms with E-state index in [1.165, 1.54) is 0 Å². The molecule has 0 unspecified atom stereocenters. The highest BCUT2D eigenvalue weighted by atomic mass is 16.5. The first-order valence-corrected chi connectivity index (χ1v) is 6.93. The van der Waals surface area contributed by atoms with Gasteiger partial charge in [-0.05, 0) is 46.8 Å². The molecule has 0 bridgehead atoms. The lowest BCUT2D eigenvalue weighted by molar-refractivity contribution is -0.123. The van der Waals surface area contributed by atoms with Crippen molar-refractivity contribution in [2.24, 2.45) is 0 Å². The standard InChI is InChI=1S/C15H25N3O2/c1-6-16-14(19)10-20-13-8-7-11(2)18-12(13)9-17-15(3,4)5/h7-8,17H,6,9-10H2,1-5H3,(H,16,19). The van der Waals surface area contributed by atoms with Crippen LogP contribution in [0.15, 0.2) is 12.1 Å². The van der Waals surface area contributed by atoms with Crippen molar-refractivity contribution in [3.8, 4) is 5.75 Å². The van der Waals surface area contributed by atoms with E-state index in [0.717, 1.165) is 11.4 Å². The summed E-state index contributed by atoms with van der Waals surface area (Å²) in [6.07, 6.45) is 0. The maximum atomic E-state index is 11.4. The van der Waals surface area contributed by atoms with Crippen molar-refractivity contribution in [3.05, 3.63) is 23.5 Å². The summed E-state index contributed by atoms with van der Waals surface area (Å²) in [7, 11) is 0. The van der Waals surface area contributed by atoms with Crippen molar-refractivity contribution in [1.29, 1.82) is 0 Å². The van der Waals surface area contributed by atoms with Crippen LogP contribution in [0.2, 0.25) is 0 Å². The molecule has 1 amide bonds. The van der Waals surface area contributed by atoms with E-state index in [2.05, 4.69) is 36.4 Å². The number of amides is 1. The quantitative estimate of drug-likeness (QED) is 0.833. The Labute approximate surface area is 121 Å². The van der Waals surface area contributed by atoms with E-state index in [1.807, 2.05) is 26.0 Å². The number of carbonyl (C=O) groups is 1. The molecule has 1 heterocycles. The van der Waals surface area contributed by atoms with Crippen molar-refractivity contribution in [1.82, 2.24) is 15.6 Å². The van der Waals surface area contributed by atoms with E-state index in [0.29, 0.717) is 18.8 Å². The Morgan fingerprint density at radius 1 is 1.35 bits per heavy atom. The van der Waals surface area contributed by atoms with Crippen molar-refractivity contribution < 1.29 is 9.53 Å². The van der Waals surface area contributed by atoms with Gasteiger partial charge in [0.2, 0.25) is 0 Å². The molecule has 0 radical (unpaired) electrons. The van der Waals surface area contributed by atoms with Gasteiger partial charge in [-0.3, -0.25) is 9.78 Å². The summed E-state index contributed by atoms with van der Waals surface area (Å²) >= 11 is 0. The summed E-state index contributed by atoms with van der Waals surface area (Å²) in [5.74, 6) is 0.529. The highest BCUT2D eigenvalue weighted by molar-refractivity contribution is 5.77. The number of pyridine rings is 1. The van der Waals surface area contributed by atoms with Crippen molar-refractivity contribution in [3.63, 3.8) is 0 Å².